The number of fused-ring (bicyclic) bond motifs is 10. The van der Waals surface area contributed by atoms with Crippen molar-refractivity contribution in [3.63, 3.8) is 0 Å². The molecule has 0 saturated heterocycles. The highest BCUT2D eigenvalue weighted by atomic mass is 16.3. The summed E-state index contributed by atoms with van der Waals surface area (Å²) in [6, 6.07) is 43.4. The van der Waals surface area contributed by atoms with E-state index in [1.54, 1.807) is 0 Å². The van der Waals surface area contributed by atoms with E-state index in [1.807, 2.05) is 6.07 Å². The number of benzene rings is 6. The van der Waals surface area contributed by atoms with Crippen molar-refractivity contribution in [3.8, 4) is 11.4 Å². The summed E-state index contributed by atoms with van der Waals surface area (Å²) in [5.41, 5.74) is 8.61. The van der Waals surface area contributed by atoms with E-state index in [0.29, 0.717) is 0 Å². The van der Waals surface area contributed by atoms with Crippen LogP contribution in [0.5, 0.6) is 0 Å². The molecule has 0 fully saturated rings. The third kappa shape index (κ3) is 2.75. The lowest BCUT2D eigenvalue weighted by atomic mass is 10.0. The number of hydrogen-bond acceptors (Lipinski definition) is 2. The Labute approximate surface area is 222 Å². The molecule has 0 amide bonds. The molecule has 182 valence electrons. The molecule has 9 rings (SSSR count). The van der Waals surface area contributed by atoms with Crippen molar-refractivity contribution in [2.75, 3.05) is 0 Å². The molecule has 4 heteroatoms. The molecule has 0 bridgehead atoms. The van der Waals surface area contributed by atoms with Crippen LogP contribution in [-0.4, -0.2) is 14.1 Å². The van der Waals surface area contributed by atoms with Crippen molar-refractivity contribution in [2.45, 2.75) is 0 Å². The number of oxazole rings is 1. The summed E-state index contributed by atoms with van der Waals surface area (Å²) in [6.45, 7) is 0. The lowest BCUT2D eigenvalue weighted by Gasteiger charge is -2.09. The summed E-state index contributed by atoms with van der Waals surface area (Å²) in [5.74, 6) is 0. The third-order valence-electron chi connectivity index (χ3n) is 8.04. The van der Waals surface area contributed by atoms with Crippen LogP contribution < -0.4 is 0 Å². The molecular weight excluding hydrogens is 478 g/mol. The number of aromatic nitrogens is 3. The Balaban J connectivity index is 1.54. The van der Waals surface area contributed by atoms with Crippen molar-refractivity contribution in [2.24, 2.45) is 0 Å². The second kappa shape index (κ2) is 7.59. The molecule has 4 nitrogen and oxygen atoms in total. The third-order valence-corrected chi connectivity index (χ3v) is 8.04. The van der Waals surface area contributed by atoms with Gasteiger partial charge in [0.15, 0.2) is 12.0 Å². The van der Waals surface area contributed by atoms with E-state index >= 15 is 0 Å². The molecule has 0 aliphatic rings. The SMILES string of the molecule is c1ccc(-n2c3ccc4ccccc4c3c3c4c5ccccc5n(-c5ccc6ncoc6c5)c4ccc32)cc1. The maximum absolute atomic E-state index is 5.68. The van der Waals surface area contributed by atoms with Crippen LogP contribution in [0.4, 0.5) is 0 Å². The van der Waals surface area contributed by atoms with Crippen molar-refractivity contribution in [1.29, 1.82) is 0 Å². The van der Waals surface area contributed by atoms with Gasteiger partial charge in [-0.2, -0.15) is 0 Å². The smallest absolute Gasteiger partial charge is 0.181 e. The molecule has 3 aromatic heterocycles. The molecule has 0 atom stereocenters. The standard InChI is InChI=1S/C35H21N3O/c1-2-9-23(10-3-1)37-29-17-14-22-8-4-5-11-25(22)33(29)35-31(37)19-18-30-34(35)26-12-6-7-13-28(26)38(30)24-15-16-27-32(20-24)39-21-36-27/h1-21H. The van der Waals surface area contributed by atoms with E-state index in [-0.39, 0.29) is 0 Å². The summed E-state index contributed by atoms with van der Waals surface area (Å²) in [7, 11) is 0. The van der Waals surface area contributed by atoms with E-state index < -0.39 is 0 Å². The van der Waals surface area contributed by atoms with Crippen LogP contribution in [-0.2, 0) is 0 Å². The van der Waals surface area contributed by atoms with Gasteiger partial charge >= 0.3 is 0 Å². The van der Waals surface area contributed by atoms with Gasteiger partial charge in [0.25, 0.3) is 0 Å². The van der Waals surface area contributed by atoms with Gasteiger partial charge in [-0.05, 0) is 59.3 Å². The highest BCUT2D eigenvalue weighted by Crippen LogP contribution is 2.44. The first-order valence-electron chi connectivity index (χ1n) is 13.1. The minimum absolute atomic E-state index is 0.784. The van der Waals surface area contributed by atoms with Crippen LogP contribution in [0.25, 0.3) is 76.9 Å². The summed E-state index contributed by atoms with van der Waals surface area (Å²) in [4.78, 5) is 4.32. The van der Waals surface area contributed by atoms with Crippen LogP contribution in [0.3, 0.4) is 0 Å². The van der Waals surface area contributed by atoms with Gasteiger partial charge in [0.1, 0.15) is 5.52 Å². The van der Waals surface area contributed by atoms with Crippen molar-refractivity contribution in [3.05, 3.63) is 128 Å². The molecule has 0 N–H and O–H groups in total. The van der Waals surface area contributed by atoms with Crippen LogP contribution in [0.15, 0.2) is 132 Å². The Morgan fingerprint density at radius 2 is 1.15 bits per heavy atom. The average Bonchev–Trinajstić information content (AvgIpc) is 3.69. The summed E-state index contributed by atoms with van der Waals surface area (Å²) in [6.07, 6.45) is 1.51. The predicted octanol–water partition coefficient (Wildman–Crippen LogP) is 9.18. The molecule has 0 radical (unpaired) electrons. The van der Waals surface area contributed by atoms with Crippen molar-refractivity contribution < 1.29 is 4.42 Å². The molecule has 9 aromatic rings. The highest BCUT2D eigenvalue weighted by Gasteiger charge is 2.21. The molecule has 0 unspecified atom stereocenters. The van der Waals surface area contributed by atoms with Gasteiger partial charge in [0.2, 0.25) is 0 Å². The lowest BCUT2D eigenvalue weighted by Crippen LogP contribution is -1.94. The largest absolute Gasteiger partial charge is 0.443 e. The van der Waals surface area contributed by atoms with Crippen LogP contribution in [0.2, 0.25) is 0 Å². The van der Waals surface area contributed by atoms with Gasteiger partial charge in [0, 0.05) is 33.3 Å². The Morgan fingerprint density at radius 1 is 0.487 bits per heavy atom. The van der Waals surface area contributed by atoms with Gasteiger partial charge in [0.05, 0.1) is 27.8 Å². The van der Waals surface area contributed by atoms with E-state index in [4.69, 9.17) is 4.42 Å². The molecule has 6 aromatic carbocycles. The highest BCUT2D eigenvalue weighted by molar-refractivity contribution is 6.33. The lowest BCUT2D eigenvalue weighted by molar-refractivity contribution is 0.602. The van der Waals surface area contributed by atoms with E-state index in [2.05, 4.69) is 129 Å². The predicted molar refractivity (Wildman–Crippen MR) is 160 cm³/mol. The molecule has 3 heterocycles. The monoisotopic (exact) mass is 499 g/mol. The molecule has 0 spiro atoms. The van der Waals surface area contributed by atoms with Gasteiger partial charge in [-0.25, -0.2) is 4.98 Å². The number of rotatable bonds is 2. The molecule has 39 heavy (non-hydrogen) atoms. The Bertz CT molecular complexity index is 2390. The summed E-state index contributed by atoms with van der Waals surface area (Å²) >= 11 is 0. The van der Waals surface area contributed by atoms with Crippen LogP contribution >= 0.6 is 0 Å². The molecule has 0 saturated carbocycles. The zero-order valence-electron chi connectivity index (χ0n) is 20.9. The maximum atomic E-state index is 5.68. The minimum atomic E-state index is 0.784. The first-order chi connectivity index (χ1) is 19.4. The Kier molecular flexibility index (Phi) is 4.02. The summed E-state index contributed by atoms with van der Waals surface area (Å²) < 4.78 is 10.4. The number of para-hydroxylation sites is 2. The van der Waals surface area contributed by atoms with Crippen molar-refractivity contribution >= 4 is 65.5 Å². The van der Waals surface area contributed by atoms with Crippen LogP contribution in [0, 0.1) is 0 Å². The Morgan fingerprint density at radius 3 is 2.03 bits per heavy atom. The fourth-order valence-corrected chi connectivity index (χ4v) is 6.44. The van der Waals surface area contributed by atoms with Gasteiger partial charge < -0.3 is 13.6 Å². The normalized spacial score (nSPS) is 12.1. The van der Waals surface area contributed by atoms with Gasteiger partial charge in [-0.15, -0.1) is 0 Å². The topological polar surface area (TPSA) is 35.9 Å². The Hall–Kier alpha value is -5.35. The quantitative estimate of drug-likeness (QED) is 0.238. The second-order valence-corrected chi connectivity index (χ2v) is 10.1. The fourth-order valence-electron chi connectivity index (χ4n) is 6.44. The second-order valence-electron chi connectivity index (χ2n) is 10.1. The maximum Gasteiger partial charge on any atom is 0.181 e. The van der Waals surface area contributed by atoms with Gasteiger partial charge in [-0.1, -0.05) is 66.7 Å². The molecular formula is C35H21N3O. The first-order valence-corrected chi connectivity index (χ1v) is 13.1. The molecule has 0 aliphatic heterocycles. The van der Waals surface area contributed by atoms with Crippen LogP contribution in [0.1, 0.15) is 0 Å². The summed E-state index contributed by atoms with van der Waals surface area (Å²) in [5, 5.41) is 7.56. The van der Waals surface area contributed by atoms with Gasteiger partial charge in [-0.3, -0.25) is 0 Å². The first kappa shape index (κ1) is 20.7. The average molecular weight is 500 g/mol. The van der Waals surface area contributed by atoms with E-state index in [1.165, 1.54) is 60.8 Å². The number of hydrogen-bond donors (Lipinski definition) is 0. The van der Waals surface area contributed by atoms with E-state index in [9.17, 15) is 0 Å². The minimum Gasteiger partial charge on any atom is -0.443 e. The molecule has 0 aliphatic carbocycles. The zero-order chi connectivity index (χ0) is 25.5. The van der Waals surface area contributed by atoms with E-state index in [0.717, 1.165) is 22.5 Å². The fraction of sp³-hybridized carbons (Fsp3) is 0. The zero-order valence-corrected chi connectivity index (χ0v) is 20.9. The van der Waals surface area contributed by atoms with Crippen molar-refractivity contribution in [1.82, 2.24) is 14.1 Å². The number of nitrogens with zero attached hydrogens (tertiary/aromatic N) is 3.